The first-order valence-corrected chi connectivity index (χ1v) is 7.42. The predicted octanol–water partition coefficient (Wildman–Crippen LogP) is 2.56. The standard InChI is InChI=1S/C15H27N3/c1-3-9-17(4-2)11-12-18-10-8-13-14(16)6-5-7-15(13)18/h8,10,14H,3-7,9,11-12,16H2,1-2H3. The number of nitrogens with zero attached hydrogens (tertiary/aromatic N) is 2. The van der Waals surface area contributed by atoms with Gasteiger partial charge >= 0.3 is 0 Å². The Balaban J connectivity index is 1.98. The van der Waals surface area contributed by atoms with Crippen LogP contribution in [0.1, 0.15) is 50.4 Å². The summed E-state index contributed by atoms with van der Waals surface area (Å²) in [5.74, 6) is 0. The molecule has 1 aromatic heterocycles. The molecule has 0 fully saturated rings. The van der Waals surface area contributed by atoms with Crippen LogP contribution in [0.15, 0.2) is 12.3 Å². The van der Waals surface area contributed by atoms with Crippen molar-refractivity contribution in [2.75, 3.05) is 19.6 Å². The topological polar surface area (TPSA) is 34.2 Å². The van der Waals surface area contributed by atoms with Crippen molar-refractivity contribution in [1.82, 2.24) is 9.47 Å². The summed E-state index contributed by atoms with van der Waals surface area (Å²) >= 11 is 0. The van der Waals surface area contributed by atoms with Gasteiger partial charge in [-0.15, -0.1) is 0 Å². The van der Waals surface area contributed by atoms with Crippen LogP contribution >= 0.6 is 0 Å². The van der Waals surface area contributed by atoms with E-state index in [0.29, 0.717) is 0 Å². The summed E-state index contributed by atoms with van der Waals surface area (Å²) < 4.78 is 2.42. The van der Waals surface area contributed by atoms with Gasteiger partial charge in [0, 0.05) is 31.0 Å². The van der Waals surface area contributed by atoms with Crippen molar-refractivity contribution in [3.63, 3.8) is 0 Å². The van der Waals surface area contributed by atoms with Crippen LogP contribution < -0.4 is 5.73 Å². The van der Waals surface area contributed by atoms with Crippen LogP contribution in [0.4, 0.5) is 0 Å². The molecule has 1 aliphatic rings. The number of rotatable bonds is 6. The van der Waals surface area contributed by atoms with Crippen molar-refractivity contribution < 1.29 is 0 Å². The normalized spacial score (nSPS) is 19.2. The van der Waals surface area contributed by atoms with E-state index in [1.54, 1.807) is 0 Å². The highest BCUT2D eigenvalue weighted by molar-refractivity contribution is 5.28. The molecule has 1 heterocycles. The van der Waals surface area contributed by atoms with Gasteiger partial charge in [0.15, 0.2) is 0 Å². The molecule has 18 heavy (non-hydrogen) atoms. The average Bonchev–Trinajstić information content (AvgIpc) is 2.79. The number of hydrogen-bond acceptors (Lipinski definition) is 2. The molecule has 1 unspecified atom stereocenters. The molecule has 102 valence electrons. The summed E-state index contributed by atoms with van der Waals surface area (Å²) in [6.07, 6.45) is 7.06. The van der Waals surface area contributed by atoms with Crippen molar-refractivity contribution in [3.8, 4) is 0 Å². The molecule has 3 nitrogen and oxygen atoms in total. The number of aromatic nitrogens is 1. The summed E-state index contributed by atoms with van der Waals surface area (Å²) in [5, 5.41) is 0. The van der Waals surface area contributed by atoms with Gasteiger partial charge in [-0.1, -0.05) is 13.8 Å². The lowest BCUT2D eigenvalue weighted by Crippen LogP contribution is -2.28. The Labute approximate surface area is 111 Å². The molecule has 0 saturated carbocycles. The lowest BCUT2D eigenvalue weighted by molar-refractivity contribution is 0.275. The first kappa shape index (κ1) is 13.6. The smallest absolute Gasteiger partial charge is 0.0350 e. The van der Waals surface area contributed by atoms with Gasteiger partial charge in [0.25, 0.3) is 0 Å². The average molecular weight is 249 g/mol. The molecule has 1 aliphatic carbocycles. The van der Waals surface area contributed by atoms with E-state index in [4.69, 9.17) is 5.73 Å². The quantitative estimate of drug-likeness (QED) is 0.840. The molecular weight excluding hydrogens is 222 g/mol. The van der Waals surface area contributed by atoms with Gasteiger partial charge in [0.1, 0.15) is 0 Å². The zero-order chi connectivity index (χ0) is 13.0. The molecule has 0 spiro atoms. The van der Waals surface area contributed by atoms with E-state index in [9.17, 15) is 0 Å². The fourth-order valence-electron chi connectivity index (χ4n) is 3.00. The maximum Gasteiger partial charge on any atom is 0.0350 e. The van der Waals surface area contributed by atoms with Crippen molar-refractivity contribution in [1.29, 1.82) is 0 Å². The third kappa shape index (κ3) is 2.96. The number of hydrogen-bond donors (Lipinski definition) is 1. The van der Waals surface area contributed by atoms with E-state index in [1.807, 2.05) is 0 Å². The molecule has 1 atom stereocenters. The molecule has 1 aromatic rings. The van der Waals surface area contributed by atoms with Crippen LogP contribution in [0, 0.1) is 0 Å². The van der Waals surface area contributed by atoms with Crippen molar-refractivity contribution in [3.05, 3.63) is 23.5 Å². The maximum absolute atomic E-state index is 6.17. The molecule has 0 radical (unpaired) electrons. The fraction of sp³-hybridized carbons (Fsp3) is 0.733. The van der Waals surface area contributed by atoms with E-state index in [1.165, 1.54) is 37.1 Å². The summed E-state index contributed by atoms with van der Waals surface area (Å²) in [4.78, 5) is 2.52. The highest BCUT2D eigenvalue weighted by Crippen LogP contribution is 2.28. The minimum Gasteiger partial charge on any atom is -0.350 e. The fourth-order valence-corrected chi connectivity index (χ4v) is 3.00. The minimum absolute atomic E-state index is 0.271. The lowest BCUT2D eigenvalue weighted by atomic mass is 9.94. The van der Waals surface area contributed by atoms with E-state index in [0.717, 1.165) is 26.1 Å². The van der Waals surface area contributed by atoms with E-state index in [-0.39, 0.29) is 6.04 Å². The van der Waals surface area contributed by atoms with E-state index in [2.05, 4.69) is 35.6 Å². The van der Waals surface area contributed by atoms with Gasteiger partial charge in [-0.25, -0.2) is 0 Å². The second kappa shape index (κ2) is 6.39. The highest BCUT2D eigenvalue weighted by Gasteiger charge is 2.19. The number of likely N-dealkylation sites (N-methyl/N-ethyl adjacent to an activating group) is 1. The van der Waals surface area contributed by atoms with Crippen molar-refractivity contribution in [2.45, 2.75) is 52.1 Å². The summed E-state index contributed by atoms with van der Waals surface area (Å²) in [6.45, 7) is 9.11. The molecule has 2 rings (SSSR count). The predicted molar refractivity (Wildman–Crippen MR) is 76.7 cm³/mol. The Hall–Kier alpha value is -0.800. The third-order valence-corrected chi connectivity index (χ3v) is 4.09. The molecule has 3 heteroatoms. The van der Waals surface area contributed by atoms with Crippen molar-refractivity contribution >= 4 is 0 Å². The molecule has 0 saturated heterocycles. The van der Waals surface area contributed by atoms with Gasteiger partial charge in [-0.2, -0.15) is 0 Å². The molecule has 2 N–H and O–H groups in total. The first-order chi connectivity index (χ1) is 8.76. The van der Waals surface area contributed by atoms with Crippen molar-refractivity contribution in [2.24, 2.45) is 5.73 Å². The number of fused-ring (bicyclic) bond motifs is 1. The maximum atomic E-state index is 6.17. The van der Waals surface area contributed by atoms with Crippen LogP contribution in [0.2, 0.25) is 0 Å². The Kier molecular flexibility index (Phi) is 4.84. The molecule has 0 amide bonds. The Morgan fingerprint density at radius 1 is 1.39 bits per heavy atom. The number of nitrogens with two attached hydrogens (primary N) is 1. The Morgan fingerprint density at radius 3 is 2.94 bits per heavy atom. The molecular formula is C15H27N3. The van der Waals surface area contributed by atoms with Gasteiger partial charge in [-0.3, -0.25) is 0 Å². The summed E-state index contributed by atoms with van der Waals surface area (Å²) in [7, 11) is 0. The highest BCUT2D eigenvalue weighted by atomic mass is 15.1. The van der Waals surface area contributed by atoms with Crippen LogP contribution in [-0.4, -0.2) is 29.1 Å². The minimum atomic E-state index is 0.271. The van der Waals surface area contributed by atoms with E-state index < -0.39 is 0 Å². The SMILES string of the molecule is CCCN(CC)CCn1ccc2c1CCCC2N. The zero-order valence-corrected chi connectivity index (χ0v) is 11.9. The van der Waals surface area contributed by atoms with E-state index >= 15 is 0 Å². The summed E-state index contributed by atoms with van der Waals surface area (Å²) in [5.41, 5.74) is 9.04. The summed E-state index contributed by atoms with van der Waals surface area (Å²) in [6, 6.07) is 2.50. The van der Waals surface area contributed by atoms with Crippen LogP contribution in [0.25, 0.3) is 0 Å². The van der Waals surface area contributed by atoms with Crippen LogP contribution in [-0.2, 0) is 13.0 Å². The first-order valence-electron chi connectivity index (χ1n) is 7.42. The lowest BCUT2D eigenvalue weighted by Gasteiger charge is -2.23. The molecule has 0 aliphatic heterocycles. The molecule has 0 aromatic carbocycles. The monoisotopic (exact) mass is 249 g/mol. The van der Waals surface area contributed by atoms with Gasteiger partial charge < -0.3 is 15.2 Å². The largest absolute Gasteiger partial charge is 0.350 e. The zero-order valence-electron chi connectivity index (χ0n) is 11.9. The van der Waals surface area contributed by atoms with Gasteiger partial charge in [0.05, 0.1) is 0 Å². The molecule has 0 bridgehead atoms. The second-order valence-electron chi connectivity index (χ2n) is 5.34. The third-order valence-electron chi connectivity index (χ3n) is 4.09. The Bertz CT molecular complexity index is 370. The van der Waals surface area contributed by atoms with Crippen LogP contribution in [0.5, 0.6) is 0 Å². The van der Waals surface area contributed by atoms with Gasteiger partial charge in [-0.05, 0) is 50.4 Å². The Morgan fingerprint density at radius 2 is 2.22 bits per heavy atom. The van der Waals surface area contributed by atoms with Gasteiger partial charge in [0.2, 0.25) is 0 Å². The van der Waals surface area contributed by atoms with Crippen LogP contribution in [0.3, 0.4) is 0 Å². The second-order valence-corrected chi connectivity index (χ2v) is 5.34.